The topological polar surface area (TPSA) is 85.0 Å². The fourth-order valence-electron chi connectivity index (χ4n) is 4.52. The van der Waals surface area contributed by atoms with Crippen molar-refractivity contribution in [3.8, 4) is 0 Å². The fraction of sp³-hybridized carbons (Fsp3) is 0.444. The van der Waals surface area contributed by atoms with Gasteiger partial charge in [-0.1, -0.05) is 26.0 Å². The molecule has 0 spiro atoms. The Morgan fingerprint density at radius 2 is 1.53 bits per heavy atom. The van der Waals surface area contributed by atoms with E-state index in [1.54, 1.807) is 23.1 Å². The number of para-hydroxylation sites is 1. The first-order valence-electron chi connectivity index (χ1n) is 12.6. The number of nitrogens with zero attached hydrogens (tertiary/aromatic N) is 3. The van der Waals surface area contributed by atoms with Crippen LogP contribution in [0.25, 0.3) is 0 Å². The molecule has 4 rings (SSSR count). The molecular formula is C27H34FN5O3. The van der Waals surface area contributed by atoms with E-state index in [1.807, 2.05) is 30.9 Å². The number of nitrogens with one attached hydrogen (secondary N) is 2. The second-order valence-electron chi connectivity index (χ2n) is 9.61. The number of halogens is 1. The first kappa shape index (κ1) is 25.5. The van der Waals surface area contributed by atoms with E-state index < -0.39 is 5.82 Å². The highest BCUT2D eigenvalue weighted by Crippen LogP contribution is 2.28. The summed E-state index contributed by atoms with van der Waals surface area (Å²) in [7, 11) is 0. The number of hydrogen-bond acceptors (Lipinski definition) is 4. The van der Waals surface area contributed by atoms with Gasteiger partial charge in [0.1, 0.15) is 5.82 Å². The summed E-state index contributed by atoms with van der Waals surface area (Å²) in [4.78, 5) is 44.1. The van der Waals surface area contributed by atoms with Crippen molar-refractivity contribution in [3.05, 3.63) is 53.8 Å². The van der Waals surface area contributed by atoms with Gasteiger partial charge in [0.25, 0.3) is 5.91 Å². The molecule has 2 aliphatic rings. The molecule has 0 radical (unpaired) electrons. The lowest BCUT2D eigenvalue weighted by atomic mass is 10.0. The van der Waals surface area contributed by atoms with E-state index in [0.717, 1.165) is 38.0 Å². The minimum absolute atomic E-state index is 0.0370. The molecule has 0 unspecified atom stereocenters. The van der Waals surface area contributed by atoms with Crippen LogP contribution in [0.3, 0.4) is 0 Å². The number of hydrogen-bond donors (Lipinski definition) is 2. The molecule has 2 aromatic carbocycles. The van der Waals surface area contributed by atoms with E-state index in [1.165, 1.54) is 12.1 Å². The molecule has 2 fully saturated rings. The van der Waals surface area contributed by atoms with E-state index in [4.69, 9.17) is 0 Å². The van der Waals surface area contributed by atoms with E-state index in [0.29, 0.717) is 37.4 Å². The molecule has 9 heteroatoms. The Kier molecular flexibility index (Phi) is 8.07. The first-order valence-corrected chi connectivity index (χ1v) is 12.6. The van der Waals surface area contributed by atoms with Crippen LogP contribution >= 0.6 is 0 Å². The van der Waals surface area contributed by atoms with Crippen molar-refractivity contribution in [1.82, 2.24) is 9.80 Å². The number of carbonyl (C=O) groups is 3. The van der Waals surface area contributed by atoms with Crippen LogP contribution in [-0.2, 0) is 4.79 Å². The number of piperidine rings is 1. The summed E-state index contributed by atoms with van der Waals surface area (Å²) < 4.78 is 13.9. The Balaban J connectivity index is 1.49. The zero-order valence-corrected chi connectivity index (χ0v) is 20.9. The lowest BCUT2D eigenvalue weighted by Gasteiger charge is -2.37. The van der Waals surface area contributed by atoms with Crippen molar-refractivity contribution in [2.45, 2.75) is 33.1 Å². The van der Waals surface area contributed by atoms with Gasteiger partial charge in [-0.3, -0.25) is 9.59 Å². The molecule has 2 aliphatic heterocycles. The Hall–Kier alpha value is -3.62. The minimum atomic E-state index is -0.477. The third-order valence-electron chi connectivity index (χ3n) is 6.69. The lowest BCUT2D eigenvalue weighted by Crippen LogP contribution is -2.50. The number of urea groups is 1. The summed E-state index contributed by atoms with van der Waals surface area (Å²) in [6.07, 6.45) is 3.10. The number of piperazine rings is 1. The maximum Gasteiger partial charge on any atom is 0.322 e. The van der Waals surface area contributed by atoms with Gasteiger partial charge in [-0.25, -0.2) is 9.18 Å². The van der Waals surface area contributed by atoms with Crippen molar-refractivity contribution in [3.63, 3.8) is 0 Å². The van der Waals surface area contributed by atoms with Gasteiger partial charge in [-0.15, -0.1) is 0 Å². The predicted octanol–water partition coefficient (Wildman–Crippen LogP) is 4.40. The highest BCUT2D eigenvalue weighted by atomic mass is 19.1. The predicted molar refractivity (Wildman–Crippen MR) is 139 cm³/mol. The van der Waals surface area contributed by atoms with Crippen molar-refractivity contribution in [2.75, 3.05) is 54.8 Å². The van der Waals surface area contributed by atoms with Gasteiger partial charge in [0.05, 0.1) is 11.3 Å². The van der Waals surface area contributed by atoms with Crippen LogP contribution in [0.2, 0.25) is 0 Å². The zero-order chi connectivity index (χ0) is 25.7. The third-order valence-corrected chi connectivity index (χ3v) is 6.69. The smallest absolute Gasteiger partial charge is 0.322 e. The van der Waals surface area contributed by atoms with Crippen molar-refractivity contribution in [1.29, 1.82) is 0 Å². The highest BCUT2D eigenvalue weighted by Gasteiger charge is 2.27. The number of benzene rings is 2. The molecule has 192 valence electrons. The van der Waals surface area contributed by atoms with Crippen molar-refractivity contribution >= 4 is 34.9 Å². The van der Waals surface area contributed by atoms with Gasteiger partial charge in [0.2, 0.25) is 5.91 Å². The van der Waals surface area contributed by atoms with Crippen LogP contribution in [0.5, 0.6) is 0 Å². The molecule has 0 aliphatic carbocycles. The molecule has 0 bridgehead atoms. The molecule has 4 amide bonds. The van der Waals surface area contributed by atoms with Crippen LogP contribution < -0.4 is 15.5 Å². The number of carbonyl (C=O) groups excluding carboxylic acids is 3. The summed E-state index contributed by atoms with van der Waals surface area (Å²) in [5.74, 6) is -0.789. The summed E-state index contributed by atoms with van der Waals surface area (Å²) in [6, 6.07) is 11.2. The molecule has 2 N–H and O–H groups in total. The van der Waals surface area contributed by atoms with Crippen LogP contribution in [0, 0.1) is 11.7 Å². The average Bonchev–Trinajstić information content (AvgIpc) is 2.90. The third kappa shape index (κ3) is 5.95. The fourth-order valence-corrected chi connectivity index (χ4v) is 4.52. The minimum Gasteiger partial charge on any atom is -0.367 e. The number of amides is 4. The molecule has 2 aromatic rings. The summed E-state index contributed by atoms with van der Waals surface area (Å²) in [6.45, 7) is 7.03. The Bertz CT molecular complexity index is 1110. The van der Waals surface area contributed by atoms with Crippen molar-refractivity contribution in [2.24, 2.45) is 5.92 Å². The normalized spacial score (nSPS) is 16.2. The average molecular weight is 496 g/mol. The monoisotopic (exact) mass is 495 g/mol. The van der Waals surface area contributed by atoms with E-state index in [2.05, 4.69) is 15.5 Å². The molecule has 0 atom stereocenters. The molecular weight excluding hydrogens is 461 g/mol. The Morgan fingerprint density at radius 3 is 2.19 bits per heavy atom. The quantitative estimate of drug-likeness (QED) is 0.644. The first-order chi connectivity index (χ1) is 17.3. The van der Waals surface area contributed by atoms with E-state index >= 15 is 0 Å². The lowest BCUT2D eigenvalue weighted by molar-refractivity contribution is -0.118. The summed E-state index contributed by atoms with van der Waals surface area (Å²) in [5.41, 5.74) is 2.10. The number of rotatable bonds is 5. The van der Waals surface area contributed by atoms with Gasteiger partial charge in [-0.05, 0) is 49.6 Å². The van der Waals surface area contributed by atoms with Gasteiger partial charge in [-0.2, -0.15) is 0 Å². The van der Waals surface area contributed by atoms with Crippen LogP contribution in [-0.4, -0.2) is 66.9 Å². The maximum absolute atomic E-state index is 13.9. The second kappa shape index (κ2) is 11.4. The van der Waals surface area contributed by atoms with Crippen LogP contribution in [0.4, 0.5) is 26.2 Å². The molecule has 8 nitrogen and oxygen atoms in total. The van der Waals surface area contributed by atoms with E-state index in [-0.39, 0.29) is 29.5 Å². The highest BCUT2D eigenvalue weighted by molar-refractivity contribution is 6.02. The number of likely N-dealkylation sites (tertiary alicyclic amines) is 1. The molecule has 36 heavy (non-hydrogen) atoms. The van der Waals surface area contributed by atoms with Gasteiger partial charge >= 0.3 is 6.03 Å². The zero-order valence-electron chi connectivity index (χ0n) is 20.9. The van der Waals surface area contributed by atoms with Gasteiger partial charge < -0.3 is 25.3 Å². The van der Waals surface area contributed by atoms with Crippen LogP contribution in [0.15, 0.2) is 42.5 Å². The SMILES string of the molecule is CC(C)C(=O)Nc1ccc(N2CCN(C(=O)Nc3ccccc3F)CC2)c(C(=O)N2CCCCC2)c1. The van der Waals surface area contributed by atoms with Crippen molar-refractivity contribution < 1.29 is 18.8 Å². The second-order valence-corrected chi connectivity index (χ2v) is 9.61. The Labute approximate surface area is 211 Å². The molecule has 0 saturated carbocycles. The summed E-state index contributed by atoms with van der Waals surface area (Å²) in [5, 5.41) is 5.53. The molecule has 2 saturated heterocycles. The number of anilines is 3. The largest absolute Gasteiger partial charge is 0.367 e. The summed E-state index contributed by atoms with van der Waals surface area (Å²) >= 11 is 0. The molecule has 2 heterocycles. The van der Waals surface area contributed by atoms with Crippen LogP contribution in [0.1, 0.15) is 43.5 Å². The van der Waals surface area contributed by atoms with Gasteiger partial charge in [0, 0.05) is 56.6 Å². The van der Waals surface area contributed by atoms with E-state index in [9.17, 15) is 18.8 Å². The standard InChI is InChI=1S/C27H34FN5O3/c1-19(2)25(34)29-20-10-11-24(21(18-20)26(35)32-12-6-3-7-13-32)31-14-16-33(17-15-31)27(36)30-23-9-5-4-8-22(23)28/h4-5,8-11,18-19H,3,6-7,12-17H2,1-2H3,(H,29,34)(H,30,36). The molecule has 0 aromatic heterocycles. The van der Waals surface area contributed by atoms with Gasteiger partial charge in [0.15, 0.2) is 0 Å². The maximum atomic E-state index is 13.9. The Morgan fingerprint density at radius 1 is 0.833 bits per heavy atom.